The summed E-state index contributed by atoms with van der Waals surface area (Å²) in [5, 5.41) is 0. The molecule has 2 N–H and O–H groups in total. The van der Waals surface area contributed by atoms with Crippen molar-refractivity contribution < 1.29 is 4.39 Å². The van der Waals surface area contributed by atoms with E-state index in [1.54, 1.807) is 12.1 Å². The Kier molecular flexibility index (Phi) is 6.25. The summed E-state index contributed by atoms with van der Waals surface area (Å²) in [6, 6.07) is 6.46. The van der Waals surface area contributed by atoms with Crippen LogP contribution in [0.4, 0.5) is 4.39 Å². The third kappa shape index (κ3) is 5.12. The monoisotopic (exact) mass is 253 g/mol. The maximum atomic E-state index is 13.5. The molecule has 102 valence electrons. The third-order valence-electron chi connectivity index (χ3n) is 2.96. The van der Waals surface area contributed by atoms with Crippen LogP contribution < -0.4 is 5.73 Å². The number of nitrogens with two attached hydrogens (primary N) is 1. The molecule has 0 saturated carbocycles. The van der Waals surface area contributed by atoms with Crippen LogP contribution in [0.25, 0.3) is 0 Å². The highest BCUT2D eigenvalue weighted by atomic mass is 19.1. The molecule has 18 heavy (non-hydrogen) atoms. The van der Waals surface area contributed by atoms with Gasteiger partial charge in [-0.05, 0) is 46.7 Å². The predicted octanol–water partition coefficient (Wildman–Crippen LogP) is 1.71. The van der Waals surface area contributed by atoms with Gasteiger partial charge in [-0.15, -0.1) is 0 Å². The van der Waals surface area contributed by atoms with E-state index in [4.69, 9.17) is 5.73 Å². The fourth-order valence-corrected chi connectivity index (χ4v) is 1.96. The van der Waals surface area contributed by atoms with E-state index in [0.29, 0.717) is 12.1 Å². The van der Waals surface area contributed by atoms with Crippen LogP contribution in [0.1, 0.15) is 18.0 Å². The molecule has 0 aliphatic carbocycles. The number of nitrogens with zero attached hydrogens (tertiary/aromatic N) is 2. The standard InChI is InChI=1S/C14H24FN3/c1-17(2)9-6-10-18(3)11-14(16)12-7-4-5-8-13(12)15/h4-5,7-8,14H,6,9-11,16H2,1-3H3. The molecule has 4 heteroatoms. The van der Waals surface area contributed by atoms with E-state index in [0.717, 1.165) is 19.5 Å². The molecular weight excluding hydrogens is 229 g/mol. The Bertz CT molecular complexity index is 355. The maximum Gasteiger partial charge on any atom is 0.128 e. The highest BCUT2D eigenvalue weighted by molar-refractivity contribution is 5.21. The van der Waals surface area contributed by atoms with E-state index in [1.165, 1.54) is 6.07 Å². The lowest BCUT2D eigenvalue weighted by Crippen LogP contribution is -2.31. The normalized spacial score (nSPS) is 13.3. The van der Waals surface area contributed by atoms with Gasteiger partial charge in [-0.1, -0.05) is 18.2 Å². The topological polar surface area (TPSA) is 32.5 Å². The minimum absolute atomic E-state index is 0.216. The van der Waals surface area contributed by atoms with Crippen molar-refractivity contribution in [2.45, 2.75) is 12.5 Å². The van der Waals surface area contributed by atoms with Gasteiger partial charge in [-0.3, -0.25) is 0 Å². The van der Waals surface area contributed by atoms with E-state index < -0.39 is 0 Å². The summed E-state index contributed by atoms with van der Waals surface area (Å²) < 4.78 is 13.5. The van der Waals surface area contributed by atoms with Crippen LogP contribution in [-0.2, 0) is 0 Å². The van der Waals surface area contributed by atoms with Crippen LogP contribution in [-0.4, -0.2) is 50.6 Å². The molecule has 0 fully saturated rings. The summed E-state index contributed by atoms with van der Waals surface area (Å²) in [6.45, 7) is 2.70. The quantitative estimate of drug-likeness (QED) is 0.803. The Morgan fingerprint density at radius 2 is 1.83 bits per heavy atom. The van der Waals surface area contributed by atoms with Crippen molar-refractivity contribution >= 4 is 0 Å². The molecular formula is C14H24FN3. The van der Waals surface area contributed by atoms with Crippen molar-refractivity contribution in [2.75, 3.05) is 40.8 Å². The minimum Gasteiger partial charge on any atom is -0.323 e. The largest absolute Gasteiger partial charge is 0.323 e. The first kappa shape index (κ1) is 15.1. The molecule has 0 heterocycles. The lowest BCUT2D eigenvalue weighted by Gasteiger charge is -2.22. The summed E-state index contributed by atoms with van der Waals surface area (Å²) in [5.74, 6) is -0.216. The van der Waals surface area contributed by atoms with E-state index >= 15 is 0 Å². The van der Waals surface area contributed by atoms with Gasteiger partial charge < -0.3 is 15.5 Å². The molecule has 1 unspecified atom stereocenters. The molecule has 1 rings (SSSR count). The molecule has 0 spiro atoms. The molecule has 1 aromatic rings. The third-order valence-corrected chi connectivity index (χ3v) is 2.96. The second-order valence-corrected chi connectivity index (χ2v) is 5.05. The van der Waals surface area contributed by atoms with Crippen molar-refractivity contribution in [1.29, 1.82) is 0 Å². The number of benzene rings is 1. The zero-order valence-corrected chi connectivity index (χ0v) is 11.6. The molecule has 0 aromatic heterocycles. The summed E-state index contributed by atoms with van der Waals surface area (Å²) in [5.41, 5.74) is 6.63. The average molecular weight is 253 g/mol. The fourth-order valence-electron chi connectivity index (χ4n) is 1.96. The van der Waals surface area contributed by atoms with Crippen molar-refractivity contribution in [2.24, 2.45) is 5.73 Å². The Morgan fingerprint density at radius 3 is 2.44 bits per heavy atom. The lowest BCUT2D eigenvalue weighted by molar-refractivity contribution is 0.284. The van der Waals surface area contributed by atoms with Crippen LogP contribution in [0.2, 0.25) is 0 Å². The maximum absolute atomic E-state index is 13.5. The van der Waals surface area contributed by atoms with Gasteiger partial charge in [-0.25, -0.2) is 4.39 Å². The van der Waals surface area contributed by atoms with Gasteiger partial charge in [0.25, 0.3) is 0 Å². The van der Waals surface area contributed by atoms with Crippen molar-refractivity contribution in [1.82, 2.24) is 9.80 Å². The van der Waals surface area contributed by atoms with Gasteiger partial charge >= 0.3 is 0 Å². The zero-order chi connectivity index (χ0) is 13.5. The molecule has 1 atom stereocenters. The summed E-state index contributed by atoms with van der Waals surface area (Å²) in [6.07, 6.45) is 1.09. The van der Waals surface area contributed by atoms with Gasteiger partial charge in [0.2, 0.25) is 0 Å². The van der Waals surface area contributed by atoms with E-state index in [9.17, 15) is 4.39 Å². The molecule has 0 amide bonds. The van der Waals surface area contributed by atoms with Crippen LogP contribution >= 0.6 is 0 Å². The van der Waals surface area contributed by atoms with Gasteiger partial charge in [-0.2, -0.15) is 0 Å². The fraction of sp³-hybridized carbons (Fsp3) is 0.571. The smallest absolute Gasteiger partial charge is 0.128 e. The Hall–Kier alpha value is -0.970. The minimum atomic E-state index is -0.268. The highest BCUT2D eigenvalue weighted by Gasteiger charge is 2.12. The molecule has 0 radical (unpaired) electrons. The molecule has 3 nitrogen and oxygen atoms in total. The van der Waals surface area contributed by atoms with Crippen LogP contribution in [0, 0.1) is 5.82 Å². The Balaban J connectivity index is 2.40. The van der Waals surface area contributed by atoms with E-state index in [2.05, 4.69) is 23.9 Å². The molecule has 0 aliphatic heterocycles. The summed E-state index contributed by atoms with van der Waals surface area (Å²) in [7, 11) is 6.15. The van der Waals surface area contributed by atoms with Gasteiger partial charge in [0.1, 0.15) is 5.82 Å². The van der Waals surface area contributed by atoms with E-state index in [1.807, 2.05) is 13.1 Å². The average Bonchev–Trinajstić information content (AvgIpc) is 2.28. The number of rotatable bonds is 7. The summed E-state index contributed by atoms with van der Waals surface area (Å²) >= 11 is 0. The Morgan fingerprint density at radius 1 is 1.17 bits per heavy atom. The van der Waals surface area contributed by atoms with Crippen molar-refractivity contribution in [3.63, 3.8) is 0 Å². The second kappa shape index (κ2) is 7.46. The Labute approximate surface area is 109 Å². The van der Waals surface area contributed by atoms with Crippen molar-refractivity contribution in [3.8, 4) is 0 Å². The van der Waals surface area contributed by atoms with Crippen LogP contribution in [0.15, 0.2) is 24.3 Å². The van der Waals surface area contributed by atoms with Crippen LogP contribution in [0.5, 0.6) is 0 Å². The highest BCUT2D eigenvalue weighted by Crippen LogP contribution is 2.15. The van der Waals surface area contributed by atoms with Gasteiger partial charge in [0.15, 0.2) is 0 Å². The zero-order valence-electron chi connectivity index (χ0n) is 11.6. The van der Waals surface area contributed by atoms with E-state index in [-0.39, 0.29) is 11.9 Å². The molecule has 0 saturated heterocycles. The first-order chi connectivity index (χ1) is 8.50. The van der Waals surface area contributed by atoms with Gasteiger partial charge in [0.05, 0.1) is 0 Å². The lowest BCUT2D eigenvalue weighted by atomic mass is 10.1. The summed E-state index contributed by atoms with van der Waals surface area (Å²) in [4.78, 5) is 4.31. The number of likely N-dealkylation sites (N-methyl/N-ethyl adjacent to an activating group) is 1. The second-order valence-electron chi connectivity index (χ2n) is 5.05. The predicted molar refractivity (Wildman–Crippen MR) is 74.0 cm³/mol. The molecule has 1 aromatic carbocycles. The first-order valence-corrected chi connectivity index (χ1v) is 6.34. The van der Waals surface area contributed by atoms with Crippen LogP contribution in [0.3, 0.4) is 0 Å². The van der Waals surface area contributed by atoms with Crippen molar-refractivity contribution in [3.05, 3.63) is 35.6 Å². The number of halogens is 1. The number of hydrogen-bond acceptors (Lipinski definition) is 3. The molecule has 0 aliphatic rings. The van der Waals surface area contributed by atoms with Gasteiger partial charge in [0, 0.05) is 18.2 Å². The first-order valence-electron chi connectivity index (χ1n) is 6.34. The number of hydrogen-bond donors (Lipinski definition) is 1. The SMILES string of the molecule is CN(C)CCCN(C)CC(N)c1ccccc1F. The molecule has 0 bridgehead atoms.